The molecule has 0 radical (unpaired) electrons. The zero-order valence-corrected chi connectivity index (χ0v) is 13.8. The molecule has 2 heterocycles. The van der Waals surface area contributed by atoms with Crippen LogP contribution in [0, 0.1) is 24.5 Å². The maximum Gasteiger partial charge on any atom is 0.168 e. The van der Waals surface area contributed by atoms with Gasteiger partial charge in [-0.1, -0.05) is 39.1 Å². The van der Waals surface area contributed by atoms with Crippen molar-refractivity contribution in [3.05, 3.63) is 77.0 Å². The first-order valence-electron chi connectivity index (χ1n) is 7.86. The Kier molecular flexibility index (Phi) is 3.75. The maximum absolute atomic E-state index is 14.6. The van der Waals surface area contributed by atoms with Crippen molar-refractivity contribution in [2.24, 2.45) is 5.92 Å². The van der Waals surface area contributed by atoms with E-state index in [0.29, 0.717) is 29.2 Å². The summed E-state index contributed by atoms with van der Waals surface area (Å²) in [5.41, 5.74) is 3.96. The second-order valence-electron chi connectivity index (χ2n) is 6.62. The maximum atomic E-state index is 14.6. The molecule has 1 nitrogen and oxygen atoms in total. The van der Waals surface area contributed by atoms with Gasteiger partial charge in [0.2, 0.25) is 0 Å². The molecule has 0 bridgehead atoms. The molecule has 1 unspecified atom stereocenters. The van der Waals surface area contributed by atoms with Gasteiger partial charge in [0.1, 0.15) is 0 Å². The van der Waals surface area contributed by atoms with E-state index in [4.69, 9.17) is 0 Å². The number of rotatable bonds is 2. The molecule has 0 aromatic heterocycles. The predicted molar refractivity (Wildman–Crippen MR) is 90.7 cm³/mol. The van der Waals surface area contributed by atoms with E-state index in [1.807, 2.05) is 12.3 Å². The first-order valence-corrected chi connectivity index (χ1v) is 7.86. The van der Waals surface area contributed by atoms with Gasteiger partial charge in [0.25, 0.3) is 0 Å². The summed E-state index contributed by atoms with van der Waals surface area (Å²) < 4.78 is 28.7. The van der Waals surface area contributed by atoms with Crippen molar-refractivity contribution in [1.29, 1.82) is 0 Å². The third-order valence-corrected chi connectivity index (χ3v) is 4.74. The quantitative estimate of drug-likeness (QED) is 0.731. The fraction of sp³-hybridized carbons (Fsp3) is 0.300. The van der Waals surface area contributed by atoms with Crippen molar-refractivity contribution in [2.75, 3.05) is 0 Å². The van der Waals surface area contributed by atoms with Crippen LogP contribution in [0.3, 0.4) is 0 Å². The van der Waals surface area contributed by atoms with Crippen LogP contribution in [0.5, 0.6) is 0 Å². The second kappa shape index (κ2) is 5.48. The first-order chi connectivity index (χ1) is 10.8. The van der Waals surface area contributed by atoms with E-state index < -0.39 is 11.6 Å². The van der Waals surface area contributed by atoms with E-state index in [2.05, 4.69) is 31.9 Å². The minimum atomic E-state index is -0.767. The highest BCUT2D eigenvalue weighted by atomic mass is 19.2. The van der Waals surface area contributed by atoms with Gasteiger partial charge < -0.3 is 4.90 Å². The third-order valence-electron chi connectivity index (χ3n) is 4.74. The van der Waals surface area contributed by atoms with Gasteiger partial charge in [-0.3, -0.25) is 0 Å². The van der Waals surface area contributed by atoms with Gasteiger partial charge >= 0.3 is 0 Å². The zero-order chi connectivity index (χ0) is 16.9. The molecule has 2 aliphatic rings. The summed E-state index contributed by atoms with van der Waals surface area (Å²) in [6.07, 6.45) is 6.22. The van der Waals surface area contributed by atoms with Crippen LogP contribution in [0.4, 0.5) is 8.78 Å². The Morgan fingerprint density at radius 2 is 2.00 bits per heavy atom. The topological polar surface area (TPSA) is 3.24 Å². The highest BCUT2D eigenvalue weighted by molar-refractivity contribution is 5.77. The number of fused-ring (bicyclic) bond motifs is 3. The first kappa shape index (κ1) is 15.7. The van der Waals surface area contributed by atoms with Crippen LogP contribution in [-0.2, 0) is 6.42 Å². The molecule has 1 aromatic carbocycles. The fourth-order valence-corrected chi connectivity index (χ4v) is 3.42. The summed E-state index contributed by atoms with van der Waals surface area (Å²) in [6.45, 7) is 13.7. The Balaban J connectivity index is 2.26. The molecule has 23 heavy (non-hydrogen) atoms. The average molecular weight is 313 g/mol. The lowest BCUT2D eigenvalue weighted by Crippen LogP contribution is -2.41. The van der Waals surface area contributed by atoms with E-state index in [0.717, 1.165) is 16.7 Å². The SMILES string of the molecule is C=CC1=CN2C(=CC1=C)c1c(cc(C)c(F)c1F)CC2C(C)C. The van der Waals surface area contributed by atoms with Gasteiger partial charge in [-0.25, -0.2) is 8.78 Å². The molecule has 0 N–H and O–H groups in total. The lowest BCUT2D eigenvalue weighted by Gasteiger charge is -2.43. The number of aryl methyl sites for hydroxylation is 1. The fourth-order valence-electron chi connectivity index (χ4n) is 3.42. The van der Waals surface area contributed by atoms with E-state index in [9.17, 15) is 8.78 Å². The molecule has 0 fully saturated rings. The van der Waals surface area contributed by atoms with E-state index in [-0.39, 0.29) is 6.04 Å². The smallest absolute Gasteiger partial charge is 0.168 e. The molecule has 0 saturated heterocycles. The van der Waals surface area contributed by atoms with Crippen LogP contribution in [-0.4, -0.2) is 10.9 Å². The van der Waals surface area contributed by atoms with E-state index >= 15 is 0 Å². The third kappa shape index (κ3) is 2.35. The largest absolute Gasteiger partial charge is 0.343 e. The molecule has 0 spiro atoms. The van der Waals surface area contributed by atoms with Crippen molar-refractivity contribution in [2.45, 2.75) is 33.2 Å². The molecule has 1 aromatic rings. The number of benzene rings is 1. The van der Waals surface area contributed by atoms with Crippen molar-refractivity contribution in [1.82, 2.24) is 4.90 Å². The van der Waals surface area contributed by atoms with Crippen LogP contribution in [0.15, 0.2) is 48.7 Å². The molecule has 0 aliphatic carbocycles. The minimum Gasteiger partial charge on any atom is -0.343 e. The Morgan fingerprint density at radius 1 is 1.30 bits per heavy atom. The number of halogens is 2. The predicted octanol–water partition coefficient (Wildman–Crippen LogP) is 5.14. The lowest BCUT2D eigenvalue weighted by molar-refractivity contribution is 0.281. The van der Waals surface area contributed by atoms with Gasteiger partial charge in [-0.05, 0) is 47.6 Å². The molecule has 3 rings (SSSR count). The number of hydrogen-bond acceptors (Lipinski definition) is 1. The van der Waals surface area contributed by atoms with Gasteiger partial charge in [-0.15, -0.1) is 0 Å². The summed E-state index contributed by atoms with van der Waals surface area (Å²) in [5, 5.41) is 0. The van der Waals surface area contributed by atoms with Crippen LogP contribution < -0.4 is 0 Å². The van der Waals surface area contributed by atoms with Crippen LogP contribution in [0.1, 0.15) is 30.5 Å². The monoisotopic (exact) mass is 313 g/mol. The van der Waals surface area contributed by atoms with Crippen molar-refractivity contribution in [3.63, 3.8) is 0 Å². The molecular formula is C20H21F2N. The van der Waals surface area contributed by atoms with Crippen LogP contribution >= 0.6 is 0 Å². The molecule has 1 atom stereocenters. The number of allylic oxidation sites excluding steroid dienone is 4. The van der Waals surface area contributed by atoms with Crippen molar-refractivity contribution < 1.29 is 8.78 Å². The lowest BCUT2D eigenvalue weighted by atomic mass is 9.83. The van der Waals surface area contributed by atoms with Gasteiger partial charge in [0.15, 0.2) is 11.6 Å². The average Bonchev–Trinajstić information content (AvgIpc) is 2.50. The molecule has 0 saturated carbocycles. The molecule has 2 aliphatic heterocycles. The van der Waals surface area contributed by atoms with Crippen LogP contribution in [0.25, 0.3) is 5.70 Å². The van der Waals surface area contributed by atoms with Crippen molar-refractivity contribution in [3.8, 4) is 0 Å². The normalized spacial score (nSPS) is 20.0. The molecule has 120 valence electrons. The summed E-state index contributed by atoms with van der Waals surface area (Å²) in [7, 11) is 0. The molecule has 0 amide bonds. The molecule has 3 heteroatoms. The van der Waals surface area contributed by atoms with Gasteiger partial charge in [0, 0.05) is 17.8 Å². The second-order valence-corrected chi connectivity index (χ2v) is 6.62. The summed E-state index contributed by atoms with van der Waals surface area (Å²) in [5.74, 6) is -1.16. The Labute approximate surface area is 136 Å². The summed E-state index contributed by atoms with van der Waals surface area (Å²) in [4.78, 5) is 2.05. The van der Waals surface area contributed by atoms with Gasteiger partial charge in [0.05, 0.1) is 5.70 Å². The number of nitrogens with zero attached hydrogens (tertiary/aromatic N) is 1. The van der Waals surface area contributed by atoms with Gasteiger partial charge in [-0.2, -0.15) is 0 Å². The summed E-state index contributed by atoms with van der Waals surface area (Å²) in [6, 6.07) is 1.97. The Morgan fingerprint density at radius 3 is 2.61 bits per heavy atom. The van der Waals surface area contributed by atoms with E-state index in [1.165, 1.54) is 0 Å². The van der Waals surface area contributed by atoms with E-state index in [1.54, 1.807) is 19.1 Å². The number of hydrogen-bond donors (Lipinski definition) is 0. The highest BCUT2D eigenvalue weighted by Gasteiger charge is 2.35. The zero-order valence-electron chi connectivity index (χ0n) is 13.8. The highest BCUT2D eigenvalue weighted by Crippen LogP contribution is 2.41. The van der Waals surface area contributed by atoms with Crippen LogP contribution in [0.2, 0.25) is 0 Å². The summed E-state index contributed by atoms with van der Waals surface area (Å²) >= 11 is 0. The Hall–Kier alpha value is -2.16. The standard InChI is InChI=1S/C20H21F2N/c1-6-14-10-23-16(11(2)3)9-15-7-13(5)19(21)20(22)18(15)17(23)8-12(14)4/h6-8,10-11,16H,1,4,9H2,2-3,5H3. The Bertz CT molecular complexity index is 768. The minimum absolute atomic E-state index is 0.195. The molecular weight excluding hydrogens is 292 g/mol. The van der Waals surface area contributed by atoms with Crippen molar-refractivity contribution >= 4 is 5.70 Å².